The van der Waals surface area contributed by atoms with Crippen molar-refractivity contribution in [2.24, 2.45) is 0 Å². The molecule has 2 aromatic rings. The number of halogens is 3. The number of alkyl halides is 3. The molecule has 0 spiro atoms. The third-order valence-electron chi connectivity index (χ3n) is 4.06. The summed E-state index contributed by atoms with van der Waals surface area (Å²) >= 11 is 0. The molecule has 0 radical (unpaired) electrons. The highest BCUT2D eigenvalue weighted by molar-refractivity contribution is 5.61. The second kappa shape index (κ2) is 8.87. The number of para-hydroxylation sites is 1. The summed E-state index contributed by atoms with van der Waals surface area (Å²) in [6.45, 7) is 4.19. The summed E-state index contributed by atoms with van der Waals surface area (Å²) in [4.78, 5) is 9.59. The van der Waals surface area contributed by atoms with Crippen LogP contribution in [0.25, 0.3) is 0 Å². The van der Waals surface area contributed by atoms with E-state index in [2.05, 4.69) is 16.9 Å². The number of benzene rings is 1. The summed E-state index contributed by atoms with van der Waals surface area (Å²) in [6, 6.07) is 7.53. The molecule has 0 aliphatic carbocycles. The van der Waals surface area contributed by atoms with E-state index in [9.17, 15) is 13.2 Å². The zero-order valence-electron chi connectivity index (χ0n) is 15.3. The molecule has 7 heteroatoms. The standard InChI is InChI=1S/C19H24F3N3O/c1-4-5-6-9-12-26-17-15(19(20,21)22)13-23-18(24-17)25(3)16-11-8-7-10-14(16)2/h7-8,10-11,13H,4-6,9,12H2,1-3H3. The van der Waals surface area contributed by atoms with Crippen LogP contribution < -0.4 is 9.64 Å². The number of unbranched alkanes of at least 4 members (excludes halogenated alkanes) is 3. The van der Waals surface area contributed by atoms with Gasteiger partial charge in [0.15, 0.2) is 0 Å². The lowest BCUT2D eigenvalue weighted by Crippen LogP contribution is -2.18. The number of hydrogen-bond donors (Lipinski definition) is 0. The third kappa shape index (κ3) is 5.09. The molecule has 0 atom stereocenters. The Labute approximate surface area is 152 Å². The van der Waals surface area contributed by atoms with Gasteiger partial charge in [-0.05, 0) is 25.0 Å². The summed E-state index contributed by atoms with van der Waals surface area (Å²) in [5.74, 6) is -0.254. The summed E-state index contributed by atoms with van der Waals surface area (Å²) in [5, 5.41) is 0. The minimum absolute atomic E-state index is 0.163. The van der Waals surface area contributed by atoms with E-state index in [1.165, 1.54) is 0 Å². The lowest BCUT2D eigenvalue weighted by atomic mass is 10.2. The molecule has 0 saturated carbocycles. The van der Waals surface area contributed by atoms with Gasteiger partial charge in [0.1, 0.15) is 5.56 Å². The number of nitrogens with zero attached hydrogens (tertiary/aromatic N) is 3. The van der Waals surface area contributed by atoms with Crippen molar-refractivity contribution in [1.82, 2.24) is 9.97 Å². The highest BCUT2D eigenvalue weighted by atomic mass is 19.4. The Morgan fingerprint density at radius 3 is 2.50 bits per heavy atom. The molecule has 4 nitrogen and oxygen atoms in total. The molecule has 0 bridgehead atoms. The lowest BCUT2D eigenvalue weighted by molar-refractivity contribution is -0.139. The minimum atomic E-state index is -4.56. The van der Waals surface area contributed by atoms with Crippen LogP contribution >= 0.6 is 0 Å². The quantitative estimate of drug-likeness (QED) is 0.575. The number of aromatic nitrogens is 2. The Morgan fingerprint density at radius 2 is 1.85 bits per heavy atom. The zero-order valence-corrected chi connectivity index (χ0v) is 15.3. The molecule has 1 heterocycles. The number of hydrogen-bond acceptors (Lipinski definition) is 4. The van der Waals surface area contributed by atoms with E-state index in [-0.39, 0.29) is 12.6 Å². The molecule has 0 saturated heterocycles. The molecule has 1 aromatic carbocycles. The number of anilines is 2. The van der Waals surface area contributed by atoms with Gasteiger partial charge in [-0.1, -0.05) is 44.4 Å². The van der Waals surface area contributed by atoms with Crippen molar-refractivity contribution < 1.29 is 17.9 Å². The fourth-order valence-corrected chi connectivity index (χ4v) is 2.57. The van der Waals surface area contributed by atoms with E-state index in [0.717, 1.165) is 36.7 Å². The Bertz CT molecular complexity index is 719. The topological polar surface area (TPSA) is 38.2 Å². The Hall–Kier alpha value is -2.31. The first-order valence-corrected chi connectivity index (χ1v) is 8.71. The van der Waals surface area contributed by atoms with Crippen molar-refractivity contribution in [3.63, 3.8) is 0 Å². The van der Waals surface area contributed by atoms with Gasteiger partial charge in [0.05, 0.1) is 6.61 Å². The third-order valence-corrected chi connectivity index (χ3v) is 4.06. The maximum Gasteiger partial charge on any atom is 0.423 e. The predicted molar refractivity (Wildman–Crippen MR) is 95.9 cm³/mol. The lowest BCUT2D eigenvalue weighted by Gasteiger charge is -2.21. The average Bonchev–Trinajstić information content (AvgIpc) is 2.60. The first kappa shape index (κ1) is 20.0. The van der Waals surface area contributed by atoms with Crippen LogP contribution in [-0.4, -0.2) is 23.6 Å². The van der Waals surface area contributed by atoms with Gasteiger partial charge in [-0.2, -0.15) is 18.2 Å². The average molecular weight is 367 g/mol. The smallest absolute Gasteiger partial charge is 0.423 e. The molecule has 0 fully saturated rings. The number of ether oxygens (including phenoxy) is 1. The largest absolute Gasteiger partial charge is 0.477 e. The van der Waals surface area contributed by atoms with Crippen molar-refractivity contribution in [2.75, 3.05) is 18.6 Å². The summed E-state index contributed by atoms with van der Waals surface area (Å²) in [5.41, 5.74) is 0.844. The van der Waals surface area contributed by atoms with Crippen molar-refractivity contribution >= 4 is 11.6 Å². The highest BCUT2D eigenvalue weighted by Crippen LogP contribution is 2.36. The maximum absolute atomic E-state index is 13.2. The first-order chi connectivity index (χ1) is 12.3. The van der Waals surface area contributed by atoms with Crippen LogP contribution in [0.1, 0.15) is 43.7 Å². The van der Waals surface area contributed by atoms with Crippen LogP contribution in [0.3, 0.4) is 0 Å². The van der Waals surface area contributed by atoms with Crippen LogP contribution in [0.2, 0.25) is 0 Å². The SMILES string of the molecule is CCCCCCOc1nc(N(C)c2ccccc2C)ncc1C(F)(F)F. The molecule has 142 valence electrons. The van der Waals surface area contributed by atoms with Gasteiger partial charge in [0.2, 0.25) is 11.8 Å². The fourth-order valence-electron chi connectivity index (χ4n) is 2.57. The summed E-state index contributed by atoms with van der Waals surface area (Å²) in [6.07, 6.45) is -0.0821. The van der Waals surface area contributed by atoms with Gasteiger partial charge in [-0.15, -0.1) is 0 Å². The molecular formula is C19H24F3N3O. The molecule has 0 unspecified atom stereocenters. The Morgan fingerprint density at radius 1 is 1.12 bits per heavy atom. The summed E-state index contributed by atoms with van der Waals surface area (Å²) in [7, 11) is 1.72. The maximum atomic E-state index is 13.2. The second-order valence-corrected chi connectivity index (χ2v) is 6.14. The van der Waals surface area contributed by atoms with Crippen LogP contribution in [0.15, 0.2) is 30.5 Å². The number of aryl methyl sites for hydroxylation is 1. The highest BCUT2D eigenvalue weighted by Gasteiger charge is 2.36. The van der Waals surface area contributed by atoms with Gasteiger partial charge >= 0.3 is 6.18 Å². The number of rotatable bonds is 8. The van der Waals surface area contributed by atoms with Gasteiger partial charge in [0, 0.05) is 18.9 Å². The predicted octanol–water partition coefficient (Wildman–Crippen LogP) is 5.53. The van der Waals surface area contributed by atoms with Crippen molar-refractivity contribution in [1.29, 1.82) is 0 Å². The molecule has 2 rings (SSSR count). The van der Waals surface area contributed by atoms with Crippen LogP contribution in [0, 0.1) is 6.92 Å². The molecule has 1 aromatic heterocycles. The zero-order chi connectivity index (χ0) is 19.2. The molecule has 0 aliphatic heterocycles. The van der Waals surface area contributed by atoms with Gasteiger partial charge < -0.3 is 9.64 Å². The van der Waals surface area contributed by atoms with E-state index in [1.54, 1.807) is 11.9 Å². The summed E-state index contributed by atoms with van der Waals surface area (Å²) < 4.78 is 45.0. The van der Waals surface area contributed by atoms with Crippen LogP contribution in [0.4, 0.5) is 24.8 Å². The molecule has 0 amide bonds. The normalized spacial score (nSPS) is 11.5. The fraction of sp³-hybridized carbons (Fsp3) is 0.474. The van der Waals surface area contributed by atoms with Crippen molar-refractivity contribution in [3.05, 3.63) is 41.6 Å². The Balaban J connectivity index is 2.26. The molecule has 26 heavy (non-hydrogen) atoms. The first-order valence-electron chi connectivity index (χ1n) is 8.71. The molecule has 0 aliphatic rings. The monoisotopic (exact) mass is 367 g/mol. The molecular weight excluding hydrogens is 343 g/mol. The van der Waals surface area contributed by atoms with Crippen LogP contribution in [0.5, 0.6) is 5.88 Å². The van der Waals surface area contributed by atoms with Gasteiger partial charge in [-0.3, -0.25) is 0 Å². The van der Waals surface area contributed by atoms with E-state index < -0.39 is 17.6 Å². The Kier molecular flexibility index (Phi) is 6.83. The van der Waals surface area contributed by atoms with Crippen molar-refractivity contribution in [3.8, 4) is 5.88 Å². The van der Waals surface area contributed by atoms with Gasteiger partial charge in [0.25, 0.3) is 0 Å². The van der Waals surface area contributed by atoms with E-state index >= 15 is 0 Å². The minimum Gasteiger partial charge on any atom is -0.477 e. The van der Waals surface area contributed by atoms with Crippen molar-refractivity contribution in [2.45, 2.75) is 45.7 Å². The van der Waals surface area contributed by atoms with E-state index in [1.807, 2.05) is 31.2 Å². The molecule has 0 N–H and O–H groups in total. The van der Waals surface area contributed by atoms with Gasteiger partial charge in [-0.25, -0.2) is 4.98 Å². The van der Waals surface area contributed by atoms with E-state index in [4.69, 9.17) is 4.74 Å². The van der Waals surface area contributed by atoms with E-state index in [0.29, 0.717) is 6.42 Å². The second-order valence-electron chi connectivity index (χ2n) is 6.14. The van der Waals surface area contributed by atoms with Crippen LogP contribution in [-0.2, 0) is 6.18 Å².